The molecule has 1 rings (SSSR count). The van der Waals surface area contributed by atoms with Gasteiger partial charge in [0.15, 0.2) is 0 Å². The summed E-state index contributed by atoms with van der Waals surface area (Å²) in [5, 5.41) is 4.16. The summed E-state index contributed by atoms with van der Waals surface area (Å²) in [5.74, 6) is 1.41. The zero-order chi connectivity index (χ0) is 10.4. The number of anilines is 1. The maximum Gasteiger partial charge on any atom is 0.202 e. The van der Waals surface area contributed by atoms with Gasteiger partial charge in [0.05, 0.1) is 6.61 Å². The van der Waals surface area contributed by atoms with E-state index in [-0.39, 0.29) is 0 Å². The van der Waals surface area contributed by atoms with Crippen molar-refractivity contribution < 1.29 is 4.74 Å². The highest BCUT2D eigenvalue weighted by Gasteiger charge is 2.04. The summed E-state index contributed by atoms with van der Waals surface area (Å²) in [5.41, 5.74) is 0. The number of hydrogen-bond acceptors (Lipinski definition) is 5. The maximum atomic E-state index is 5.05. The summed E-state index contributed by atoms with van der Waals surface area (Å²) in [6, 6.07) is 0. The van der Waals surface area contributed by atoms with Crippen molar-refractivity contribution in [2.24, 2.45) is 5.92 Å². The van der Waals surface area contributed by atoms with Gasteiger partial charge in [-0.05, 0) is 5.92 Å². The molecule has 0 aliphatic rings. The van der Waals surface area contributed by atoms with Gasteiger partial charge in [0.1, 0.15) is 5.82 Å². The van der Waals surface area contributed by atoms with Crippen LogP contribution in [0.5, 0.6) is 0 Å². The summed E-state index contributed by atoms with van der Waals surface area (Å²) in [7, 11) is 1.72. The second kappa shape index (κ2) is 5.93. The Bertz CT molecular complexity index is 264. The first kappa shape index (κ1) is 11.4. The molecular formula is C9H17N3OS. The molecule has 4 nitrogen and oxygen atoms in total. The van der Waals surface area contributed by atoms with E-state index in [1.54, 1.807) is 7.11 Å². The highest BCUT2D eigenvalue weighted by Crippen LogP contribution is 2.11. The van der Waals surface area contributed by atoms with Gasteiger partial charge in [-0.1, -0.05) is 13.8 Å². The third kappa shape index (κ3) is 3.59. The van der Waals surface area contributed by atoms with Gasteiger partial charge in [-0.25, -0.2) is 4.98 Å². The smallest absolute Gasteiger partial charge is 0.202 e. The highest BCUT2D eigenvalue weighted by molar-refractivity contribution is 7.09. The van der Waals surface area contributed by atoms with Crippen LogP contribution >= 0.6 is 11.5 Å². The first-order valence-electron chi connectivity index (χ1n) is 4.81. The molecule has 5 heteroatoms. The van der Waals surface area contributed by atoms with Crippen molar-refractivity contribution in [1.29, 1.82) is 0 Å². The van der Waals surface area contributed by atoms with E-state index in [2.05, 4.69) is 28.5 Å². The van der Waals surface area contributed by atoms with Gasteiger partial charge >= 0.3 is 0 Å². The van der Waals surface area contributed by atoms with Crippen LogP contribution < -0.4 is 5.32 Å². The fourth-order valence-electron chi connectivity index (χ4n) is 1.07. The van der Waals surface area contributed by atoms with E-state index in [1.165, 1.54) is 11.5 Å². The van der Waals surface area contributed by atoms with Gasteiger partial charge in [0, 0.05) is 31.6 Å². The maximum absolute atomic E-state index is 5.05. The molecule has 0 aliphatic heterocycles. The zero-order valence-corrected chi connectivity index (χ0v) is 9.73. The van der Waals surface area contributed by atoms with Crippen molar-refractivity contribution in [2.75, 3.05) is 25.6 Å². The number of aromatic nitrogens is 2. The van der Waals surface area contributed by atoms with Crippen LogP contribution in [-0.4, -0.2) is 29.6 Å². The Morgan fingerprint density at radius 2 is 2.36 bits per heavy atom. The summed E-state index contributed by atoms with van der Waals surface area (Å²) >= 11 is 1.42. The second-order valence-corrected chi connectivity index (χ2v) is 4.06. The number of rotatable bonds is 6. The lowest BCUT2D eigenvalue weighted by Gasteiger charge is -2.09. The number of methoxy groups -OCH3 is 1. The molecule has 14 heavy (non-hydrogen) atoms. The van der Waals surface area contributed by atoms with Crippen LogP contribution in [0.1, 0.15) is 19.7 Å². The molecule has 0 saturated heterocycles. The molecule has 0 amide bonds. The lowest BCUT2D eigenvalue weighted by atomic mass is 10.2. The van der Waals surface area contributed by atoms with Crippen molar-refractivity contribution in [3.8, 4) is 0 Å². The fraction of sp³-hybridized carbons (Fsp3) is 0.778. The van der Waals surface area contributed by atoms with Crippen LogP contribution in [0.25, 0.3) is 0 Å². The van der Waals surface area contributed by atoms with Crippen molar-refractivity contribution in [2.45, 2.75) is 20.3 Å². The highest BCUT2D eigenvalue weighted by atomic mass is 32.1. The average Bonchev–Trinajstić information content (AvgIpc) is 2.63. The number of aryl methyl sites for hydroxylation is 1. The van der Waals surface area contributed by atoms with E-state index in [0.717, 1.165) is 30.5 Å². The number of nitrogens with zero attached hydrogens (tertiary/aromatic N) is 2. The predicted molar refractivity (Wildman–Crippen MR) is 58.8 cm³/mol. The molecule has 80 valence electrons. The van der Waals surface area contributed by atoms with Gasteiger partial charge in [0.25, 0.3) is 0 Å². The van der Waals surface area contributed by atoms with Crippen molar-refractivity contribution in [1.82, 2.24) is 9.36 Å². The van der Waals surface area contributed by atoms with E-state index < -0.39 is 0 Å². The van der Waals surface area contributed by atoms with E-state index in [1.807, 2.05) is 0 Å². The lowest BCUT2D eigenvalue weighted by molar-refractivity contribution is 0.164. The molecule has 1 N–H and O–H groups in total. The van der Waals surface area contributed by atoms with E-state index in [9.17, 15) is 0 Å². The Kier molecular flexibility index (Phi) is 4.82. The zero-order valence-electron chi connectivity index (χ0n) is 8.91. The minimum atomic E-state index is 0.494. The summed E-state index contributed by atoms with van der Waals surface area (Å²) < 4.78 is 9.24. The molecule has 0 bridgehead atoms. The molecule has 0 saturated carbocycles. The van der Waals surface area contributed by atoms with Crippen LogP contribution in [0.2, 0.25) is 0 Å². The SMILES string of the molecule is CCc1nsc(NCC(C)COC)n1. The minimum Gasteiger partial charge on any atom is -0.384 e. The van der Waals surface area contributed by atoms with Gasteiger partial charge in [-0.3, -0.25) is 0 Å². The van der Waals surface area contributed by atoms with Gasteiger partial charge < -0.3 is 10.1 Å². The molecule has 1 unspecified atom stereocenters. The fourth-order valence-corrected chi connectivity index (χ4v) is 1.73. The normalized spacial score (nSPS) is 12.8. The summed E-state index contributed by atoms with van der Waals surface area (Å²) in [6.07, 6.45) is 0.895. The quantitative estimate of drug-likeness (QED) is 0.786. The number of nitrogens with one attached hydrogen (secondary N) is 1. The molecule has 0 aromatic carbocycles. The van der Waals surface area contributed by atoms with Gasteiger partial charge in [0.2, 0.25) is 5.13 Å². The molecule has 0 aliphatic carbocycles. The average molecular weight is 215 g/mol. The third-order valence-corrected chi connectivity index (χ3v) is 2.55. The molecule has 0 radical (unpaired) electrons. The predicted octanol–water partition coefficient (Wildman–Crippen LogP) is 1.79. The van der Waals surface area contributed by atoms with E-state index >= 15 is 0 Å². The Hall–Kier alpha value is -0.680. The van der Waals surface area contributed by atoms with Crippen molar-refractivity contribution >= 4 is 16.7 Å². The van der Waals surface area contributed by atoms with Crippen LogP contribution in [0, 0.1) is 5.92 Å². The molecule has 1 aromatic rings. The van der Waals surface area contributed by atoms with Crippen LogP contribution in [0.3, 0.4) is 0 Å². The molecule has 1 atom stereocenters. The van der Waals surface area contributed by atoms with E-state index in [4.69, 9.17) is 4.74 Å². The molecule has 1 aromatic heterocycles. The molecule has 0 spiro atoms. The lowest BCUT2D eigenvalue weighted by Crippen LogP contribution is -2.15. The Morgan fingerprint density at radius 1 is 1.57 bits per heavy atom. The van der Waals surface area contributed by atoms with E-state index in [0.29, 0.717) is 5.92 Å². The monoisotopic (exact) mass is 215 g/mol. The topological polar surface area (TPSA) is 47.0 Å². The number of hydrogen-bond donors (Lipinski definition) is 1. The van der Waals surface area contributed by atoms with Gasteiger partial charge in [-0.2, -0.15) is 4.37 Å². The van der Waals surface area contributed by atoms with Crippen LogP contribution in [-0.2, 0) is 11.2 Å². The largest absolute Gasteiger partial charge is 0.384 e. The molecule has 0 fully saturated rings. The number of ether oxygens (including phenoxy) is 1. The third-order valence-electron chi connectivity index (χ3n) is 1.84. The van der Waals surface area contributed by atoms with Gasteiger partial charge in [-0.15, -0.1) is 0 Å². The Labute approximate surface area is 88.9 Å². The van der Waals surface area contributed by atoms with Crippen molar-refractivity contribution in [3.05, 3.63) is 5.82 Å². The second-order valence-electron chi connectivity index (χ2n) is 3.31. The Morgan fingerprint density at radius 3 is 2.93 bits per heavy atom. The standard InChI is InChI=1S/C9H17N3OS/c1-4-8-11-9(14-12-8)10-5-7(2)6-13-3/h7H,4-6H2,1-3H3,(H,10,11,12). The van der Waals surface area contributed by atoms with Crippen LogP contribution in [0.15, 0.2) is 0 Å². The summed E-state index contributed by atoms with van der Waals surface area (Å²) in [6.45, 7) is 5.84. The molecule has 1 heterocycles. The summed E-state index contributed by atoms with van der Waals surface area (Å²) in [4.78, 5) is 4.32. The first-order valence-corrected chi connectivity index (χ1v) is 5.59. The van der Waals surface area contributed by atoms with Crippen LogP contribution in [0.4, 0.5) is 5.13 Å². The minimum absolute atomic E-state index is 0.494. The first-order chi connectivity index (χ1) is 6.76. The van der Waals surface area contributed by atoms with Crippen molar-refractivity contribution in [3.63, 3.8) is 0 Å². The molecular weight excluding hydrogens is 198 g/mol. The Balaban J connectivity index is 2.30.